The first kappa shape index (κ1) is 24.6. The Hall–Kier alpha value is -4.10. The average molecular weight is 515 g/mol. The van der Waals surface area contributed by atoms with Crippen LogP contribution in [0, 0.1) is 5.82 Å². The molecular weight excluding hydrogens is 491 g/mol. The molecule has 1 amide bonds. The number of benzene rings is 3. The van der Waals surface area contributed by atoms with Crippen LogP contribution in [0.1, 0.15) is 29.6 Å². The molecule has 1 aliphatic rings. The van der Waals surface area contributed by atoms with Gasteiger partial charge < -0.3 is 10.1 Å². The molecule has 0 saturated carbocycles. The zero-order chi connectivity index (χ0) is 25.8. The Kier molecular flexibility index (Phi) is 7.23. The summed E-state index contributed by atoms with van der Waals surface area (Å²) in [6.07, 6.45) is 6.40. The van der Waals surface area contributed by atoms with Crippen molar-refractivity contribution in [1.29, 1.82) is 0 Å². The summed E-state index contributed by atoms with van der Waals surface area (Å²) in [6.45, 7) is 0.551. The van der Waals surface area contributed by atoms with Crippen LogP contribution in [0.2, 0.25) is 5.02 Å². The Balaban J connectivity index is 1.49. The van der Waals surface area contributed by atoms with Gasteiger partial charge in [0.05, 0.1) is 34.6 Å². The molecule has 1 aliphatic heterocycles. The maximum Gasteiger partial charge on any atom is 0.251 e. The number of hydrogen-bond donors (Lipinski definition) is 1. The number of allylic oxidation sites excluding steroid dienone is 1. The van der Waals surface area contributed by atoms with Gasteiger partial charge in [-0.05, 0) is 73.5 Å². The van der Waals surface area contributed by atoms with Crippen LogP contribution in [0.25, 0.3) is 33.5 Å². The van der Waals surface area contributed by atoms with Crippen molar-refractivity contribution in [2.24, 2.45) is 4.99 Å². The number of methoxy groups -OCH3 is 1. The van der Waals surface area contributed by atoms with Gasteiger partial charge in [-0.2, -0.15) is 0 Å². The maximum absolute atomic E-state index is 13.6. The van der Waals surface area contributed by atoms with Gasteiger partial charge in [-0.3, -0.25) is 9.79 Å². The molecule has 0 bridgehead atoms. The lowest BCUT2D eigenvalue weighted by Crippen LogP contribution is -2.24. The number of nitrogens with zero attached hydrogens (tertiary/aromatic N) is 3. The van der Waals surface area contributed by atoms with E-state index >= 15 is 0 Å². The maximum atomic E-state index is 13.6. The lowest BCUT2D eigenvalue weighted by atomic mass is 10.0. The quantitative estimate of drug-likeness (QED) is 0.268. The number of amides is 1. The van der Waals surface area contributed by atoms with Crippen molar-refractivity contribution in [3.8, 4) is 28.3 Å². The second kappa shape index (κ2) is 10.9. The molecule has 3 aromatic carbocycles. The Morgan fingerprint density at radius 1 is 1.03 bits per heavy atom. The first-order valence-electron chi connectivity index (χ1n) is 11.9. The van der Waals surface area contributed by atoms with E-state index in [-0.39, 0.29) is 11.7 Å². The van der Waals surface area contributed by atoms with Gasteiger partial charge in [-0.25, -0.2) is 14.4 Å². The number of aromatic nitrogens is 2. The summed E-state index contributed by atoms with van der Waals surface area (Å²) in [5, 5.41) is 3.43. The molecular formula is C29H24ClFN4O2. The van der Waals surface area contributed by atoms with Crippen molar-refractivity contribution in [1.82, 2.24) is 15.3 Å². The van der Waals surface area contributed by atoms with Crippen molar-refractivity contribution < 1.29 is 13.9 Å². The van der Waals surface area contributed by atoms with Gasteiger partial charge in [0.15, 0.2) is 0 Å². The SMILES string of the molecule is COc1ccc(Cl)c(-c2nc3cc(C(=O)NCCCC4=NC=CC4)ccc3nc2-c2ccc(F)cc2)c1. The van der Waals surface area contributed by atoms with E-state index in [1.54, 1.807) is 55.6 Å². The summed E-state index contributed by atoms with van der Waals surface area (Å²) >= 11 is 6.56. The number of aliphatic imine (C=N–C) groups is 1. The third kappa shape index (κ3) is 5.52. The third-order valence-electron chi connectivity index (χ3n) is 6.12. The molecule has 1 aromatic heterocycles. The normalized spacial score (nSPS) is 12.6. The molecule has 0 fully saturated rings. The number of carbonyl (C=O) groups is 1. The summed E-state index contributed by atoms with van der Waals surface area (Å²) in [7, 11) is 1.57. The van der Waals surface area contributed by atoms with Crippen molar-refractivity contribution >= 4 is 34.3 Å². The monoisotopic (exact) mass is 514 g/mol. The Bertz CT molecular complexity index is 1530. The molecule has 4 aromatic rings. The summed E-state index contributed by atoms with van der Waals surface area (Å²) < 4.78 is 19.0. The fraction of sp³-hybridized carbons (Fsp3) is 0.172. The van der Waals surface area contributed by atoms with Gasteiger partial charge in [0.25, 0.3) is 5.91 Å². The number of rotatable bonds is 8. The van der Waals surface area contributed by atoms with Crippen LogP contribution in [0.3, 0.4) is 0 Å². The van der Waals surface area contributed by atoms with Crippen LogP contribution in [0.4, 0.5) is 4.39 Å². The Morgan fingerprint density at radius 3 is 2.59 bits per heavy atom. The predicted molar refractivity (Wildman–Crippen MR) is 145 cm³/mol. The fourth-order valence-electron chi connectivity index (χ4n) is 4.17. The summed E-state index contributed by atoms with van der Waals surface area (Å²) in [4.78, 5) is 26.8. The van der Waals surface area contributed by atoms with Gasteiger partial charge in [0.2, 0.25) is 0 Å². The van der Waals surface area contributed by atoms with Crippen LogP contribution in [0.5, 0.6) is 5.75 Å². The highest BCUT2D eigenvalue weighted by molar-refractivity contribution is 6.33. The van der Waals surface area contributed by atoms with Crippen molar-refractivity contribution in [3.05, 3.63) is 89.3 Å². The molecule has 2 heterocycles. The largest absolute Gasteiger partial charge is 0.497 e. The van der Waals surface area contributed by atoms with Crippen LogP contribution in [-0.4, -0.2) is 35.2 Å². The van der Waals surface area contributed by atoms with Gasteiger partial charge in [0, 0.05) is 41.6 Å². The van der Waals surface area contributed by atoms with E-state index < -0.39 is 0 Å². The molecule has 0 spiro atoms. The number of hydrogen-bond acceptors (Lipinski definition) is 5. The van der Waals surface area contributed by atoms with Crippen molar-refractivity contribution in [2.45, 2.75) is 19.3 Å². The van der Waals surface area contributed by atoms with Crippen LogP contribution >= 0.6 is 11.6 Å². The Labute approximate surface area is 218 Å². The van der Waals surface area contributed by atoms with E-state index in [0.717, 1.165) is 25.0 Å². The second-order valence-electron chi connectivity index (χ2n) is 8.62. The predicted octanol–water partition coefficient (Wildman–Crippen LogP) is 6.63. The molecule has 8 heteroatoms. The van der Waals surface area contributed by atoms with E-state index in [2.05, 4.69) is 10.3 Å². The van der Waals surface area contributed by atoms with Gasteiger partial charge in [-0.1, -0.05) is 17.7 Å². The third-order valence-corrected chi connectivity index (χ3v) is 6.45. The van der Waals surface area contributed by atoms with Crippen molar-refractivity contribution in [3.63, 3.8) is 0 Å². The molecule has 5 rings (SSSR count). The topological polar surface area (TPSA) is 76.5 Å². The van der Waals surface area contributed by atoms with Crippen molar-refractivity contribution in [2.75, 3.05) is 13.7 Å². The van der Waals surface area contributed by atoms with E-state index in [0.29, 0.717) is 56.4 Å². The first-order chi connectivity index (χ1) is 18.0. The van der Waals surface area contributed by atoms with Crippen LogP contribution in [0.15, 0.2) is 77.9 Å². The Morgan fingerprint density at radius 2 is 1.84 bits per heavy atom. The summed E-state index contributed by atoms with van der Waals surface area (Å²) in [5.41, 5.74) is 5.12. The zero-order valence-corrected chi connectivity index (χ0v) is 20.9. The first-order valence-corrected chi connectivity index (χ1v) is 12.3. The van der Waals surface area contributed by atoms with Crippen LogP contribution in [-0.2, 0) is 0 Å². The summed E-state index contributed by atoms with van der Waals surface area (Å²) in [6, 6.07) is 16.5. The lowest BCUT2D eigenvalue weighted by Gasteiger charge is -2.13. The van der Waals surface area contributed by atoms with E-state index in [4.69, 9.17) is 26.3 Å². The molecule has 0 saturated heterocycles. The highest BCUT2D eigenvalue weighted by Gasteiger charge is 2.18. The number of carbonyl (C=O) groups excluding carboxylic acids is 1. The highest BCUT2D eigenvalue weighted by atomic mass is 35.5. The molecule has 1 N–H and O–H groups in total. The number of halogens is 2. The van der Waals surface area contributed by atoms with Crippen LogP contribution < -0.4 is 10.1 Å². The minimum atomic E-state index is -0.345. The van der Waals surface area contributed by atoms with E-state index in [9.17, 15) is 9.18 Å². The van der Waals surface area contributed by atoms with E-state index in [1.807, 2.05) is 12.3 Å². The summed E-state index contributed by atoms with van der Waals surface area (Å²) in [5.74, 6) is 0.0830. The molecule has 37 heavy (non-hydrogen) atoms. The van der Waals surface area contributed by atoms with Gasteiger partial charge >= 0.3 is 0 Å². The molecule has 0 aliphatic carbocycles. The standard InChI is InChI=1S/C29H24ClFN4O2/c1-37-22-11-12-24(30)23(17-22)28-27(18-6-9-20(31)10-7-18)34-25-13-8-19(16-26(25)35-28)29(36)33-15-3-5-21-4-2-14-32-21/h2,6-14,16-17H,3-5,15H2,1H3,(H,33,36). The second-order valence-corrected chi connectivity index (χ2v) is 9.03. The lowest BCUT2D eigenvalue weighted by molar-refractivity contribution is 0.0953. The minimum Gasteiger partial charge on any atom is -0.497 e. The van der Waals surface area contributed by atoms with Gasteiger partial charge in [-0.15, -0.1) is 0 Å². The highest BCUT2D eigenvalue weighted by Crippen LogP contribution is 2.37. The smallest absolute Gasteiger partial charge is 0.251 e. The molecule has 0 atom stereocenters. The minimum absolute atomic E-state index is 0.182. The number of nitrogens with one attached hydrogen (secondary N) is 1. The van der Waals surface area contributed by atoms with Gasteiger partial charge in [0.1, 0.15) is 11.6 Å². The zero-order valence-electron chi connectivity index (χ0n) is 20.2. The van der Waals surface area contributed by atoms with E-state index in [1.165, 1.54) is 12.1 Å². The average Bonchev–Trinajstić information content (AvgIpc) is 3.44. The fourth-order valence-corrected chi connectivity index (χ4v) is 4.37. The molecule has 186 valence electrons. The molecule has 6 nitrogen and oxygen atoms in total. The number of fused-ring (bicyclic) bond motifs is 1. The number of ether oxygens (including phenoxy) is 1. The molecule has 0 unspecified atom stereocenters. The molecule has 0 radical (unpaired) electrons.